The van der Waals surface area contributed by atoms with E-state index in [1.807, 2.05) is 5.38 Å². The molecule has 0 radical (unpaired) electrons. The maximum atomic E-state index is 11.5. The van der Waals surface area contributed by atoms with Gasteiger partial charge in [0.05, 0.1) is 18.3 Å². The SMILES string of the molecule is COC(=O)c1nc(NCCc2cscn2)sc1C(C)=O. The molecule has 6 nitrogen and oxygen atoms in total. The first-order valence-corrected chi connectivity index (χ1v) is 7.58. The lowest BCUT2D eigenvalue weighted by atomic mass is 10.3. The van der Waals surface area contributed by atoms with Gasteiger partial charge in [0.2, 0.25) is 0 Å². The predicted octanol–water partition coefficient (Wildman–Crippen LogP) is 2.24. The number of ketones is 1. The molecule has 0 saturated heterocycles. The van der Waals surface area contributed by atoms with Crippen LogP contribution in [-0.4, -0.2) is 35.4 Å². The van der Waals surface area contributed by atoms with Crippen molar-refractivity contribution in [1.29, 1.82) is 0 Å². The number of thiazole rings is 2. The second-order valence-corrected chi connectivity index (χ2v) is 5.62. The minimum Gasteiger partial charge on any atom is -0.464 e. The van der Waals surface area contributed by atoms with E-state index in [0.29, 0.717) is 16.6 Å². The Labute approximate surface area is 123 Å². The fraction of sp³-hybridized carbons (Fsp3) is 0.333. The van der Waals surface area contributed by atoms with Gasteiger partial charge in [-0.3, -0.25) is 4.79 Å². The van der Waals surface area contributed by atoms with Gasteiger partial charge < -0.3 is 10.1 Å². The van der Waals surface area contributed by atoms with Gasteiger partial charge in [-0.1, -0.05) is 11.3 Å². The van der Waals surface area contributed by atoms with Crippen molar-refractivity contribution < 1.29 is 14.3 Å². The van der Waals surface area contributed by atoms with Crippen LogP contribution < -0.4 is 5.32 Å². The molecular weight excluding hydrogens is 298 g/mol. The molecule has 2 heterocycles. The molecule has 0 aliphatic heterocycles. The highest BCUT2D eigenvalue weighted by Gasteiger charge is 2.21. The van der Waals surface area contributed by atoms with E-state index in [2.05, 4.69) is 20.0 Å². The van der Waals surface area contributed by atoms with Crippen molar-refractivity contribution >= 4 is 39.6 Å². The number of carbonyl (C=O) groups is 2. The van der Waals surface area contributed by atoms with Gasteiger partial charge in [0, 0.05) is 25.3 Å². The Morgan fingerprint density at radius 2 is 2.25 bits per heavy atom. The quantitative estimate of drug-likeness (QED) is 0.651. The predicted molar refractivity (Wildman–Crippen MR) is 77.8 cm³/mol. The minimum atomic E-state index is -0.598. The Hall–Kier alpha value is -1.80. The molecule has 0 amide bonds. The Morgan fingerprint density at radius 3 is 2.85 bits per heavy atom. The smallest absolute Gasteiger partial charge is 0.358 e. The van der Waals surface area contributed by atoms with Crippen LogP contribution in [0.25, 0.3) is 0 Å². The molecule has 20 heavy (non-hydrogen) atoms. The third-order valence-corrected chi connectivity index (χ3v) is 4.22. The van der Waals surface area contributed by atoms with Crippen molar-refractivity contribution in [2.24, 2.45) is 0 Å². The topological polar surface area (TPSA) is 81.2 Å². The zero-order chi connectivity index (χ0) is 14.5. The molecule has 0 fully saturated rings. The summed E-state index contributed by atoms with van der Waals surface area (Å²) in [6, 6.07) is 0. The number of anilines is 1. The van der Waals surface area contributed by atoms with Gasteiger partial charge in [0.15, 0.2) is 16.6 Å². The lowest BCUT2D eigenvalue weighted by molar-refractivity contribution is 0.0591. The van der Waals surface area contributed by atoms with Crippen LogP contribution in [0.3, 0.4) is 0 Å². The van der Waals surface area contributed by atoms with E-state index in [-0.39, 0.29) is 11.5 Å². The Bertz CT molecular complexity index is 608. The van der Waals surface area contributed by atoms with Crippen LogP contribution in [-0.2, 0) is 11.2 Å². The highest BCUT2D eigenvalue weighted by Crippen LogP contribution is 2.24. The molecule has 0 atom stereocenters. The molecule has 2 aromatic rings. The van der Waals surface area contributed by atoms with Gasteiger partial charge in [-0.15, -0.1) is 11.3 Å². The molecule has 0 saturated carbocycles. The van der Waals surface area contributed by atoms with Gasteiger partial charge in [0.1, 0.15) is 4.88 Å². The number of hydrogen-bond acceptors (Lipinski definition) is 8. The molecule has 0 aliphatic carbocycles. The number of rotatable bonds is 6. The van der Waals surface area contributed by atoms with E-state index in [9.17, 15) is 9.59 Å². The van der Waals surface area contributed by atoms with Crippen LogP contribution in [0, 0.1) is 0 Å². The summed E-state index contributed by atoms with van der Waals surface area (Å²) < 4.78 is 4.62. The number of carbonyl (C=O) groups excluding carboxylic acids is 2. The van der Waals surface area contributed by atoms with Gasteiger partial charge in [-0.05, 0) is 0 Å². The van der Waals surface area contributed by atoms with Crippen LogP contribution in [0.5, 0.6) is 0 Å². The molecule has 1 N–H and O–H groups in total. The number of hydrogen-bond donors (Lipinski definition) is 1. The first kappa shape index (κ1) is 14.6. The zero-order valence-corrected chi connectivity index (χ0v) is 12.6. The summed E-state index contributed by atoms with van der Waals surface area (Å²) in [7, 11) is 1.26. The lowest BCUT2D eigenvalue weighted by Gasteiger charge is -1.99. The van der Waals surface area contributed by atoms with Gasteiger partial charge in [-0.25, -0.2) is 14.8 Å². The normalized spacial score (nSPS) is 10.3. The maximum absolute atomic E-state index is 11.5. The highest BCUT2D eigenvalue weighted by molar-refractivity contribution is 7.17. The molecule has 2 aromatic heterocycles. The van der Waals surface area contributed by atoms with Crippen molar-refractivity contribution in [2.45, 2.75) is 13.3 Å². The van der Waals surface area contributed by atoms with E-state index in [4.69, 9.17) is 0 Å². The summed E-state index contributed by atoms with van der Waals surface area (Å²) in [6.45, 7) is 2.04. The van der Waals surface area contributed by atoms with E-state index < -0.39 is 5.97 Å². The van der Waals surface area contributed by atoms with Crippen LogP contribution in [0.1, 0.15) is 32.8 Å². The third kappa shape index (κ3) is 3.40. The van der Waals surface area contributed by atoms with Crippen LogP contribution >= 0.6 is 22.7 Å². The van der Waals surface area contributed by atoms with Crippen molar-refractivity contribution in [2.75, 3.05) is 19.0 Å². The molecule has 0 unspecified atom stereocenters. The summed E-state index contributed by atoms with van der Waals surface area (Å²) in [5.41, 5.74) is 2.85. The molecular formula is C12H13N3O3S2. The summed E-state index contributed by atoms with van der Waals surface area (Å²) in [6.07, 6.45) is 0.756. The van der Waals surface area contributed by atoms with E-state index in [1.165, 1.54) is 14.0 Å². The fourth-order valence-electron chi connectivity index (χ4n) is 1.53. The molecule has 0 bridgehead atoms. The number of nitrogens with zero attached hydrogens (tertiary/aromatic N) is 2. The molecule has 2 rings (SSSR count). The Kier molecular flexibility index (Phi) is 4.80. The summed E-state index contributed by atoms with van der Waals surface area (Å²) in [4.78, 5) is 31.6. The average molecular weight is 311 g/mol. The van der Waals surface area contributed by atoms with Crippen molar-refractivity contribution in [3.05, 3.63) is 27.2 Å². The number of aromatic nitrogens is 2. The van der Waals surface area contributed by atoms with Gasteiger partial charge in [-0.2, -0.15) is 0 Å². The van der Waals surface area contributed by atoms with Gasteiger partial charge >= 0.3 is 5.97 Å². The summed E-state index contributed by atoms with van der Waals surface area (Å²) in [5, 5.41) is 5.60. The van der Waals surface area contributed by atoms with Crippen LogP contribution in [0.2, 0.25) is 0 Å². The zero-order valence-electron chi connectivity index (χ0n) is 11.0. The van der Waals surface area contributed by atoms with Crippen molar-refractivity contribution in [3.8, 4) is 0 Å². The third-order valence-electron chi connectivity index (χ3n) is 2.47. The number of methoxy groups -OCH3 is 1. The van der Waals surface area contributed by atoms with E-state index in [0.717, 1.165) is 23.5 Å². The number of esters is 1. The molecule has 0 aliphatic rings. The Morgan fingerprint density at radius 1 is 1.45 bits per heavy atom. The summed E-state index contributed by atoms with van der Waals surface area (Å²) in [5.74, 6) is -0.797. The second-order valence-electron chi connectivity index (χ2n) is 3.90. The van der Waals surface area contributed by atoms with Crippen LogP contribution in [0.4, 0.5) is 5.13 Å². The second kappa shape index (κ2) is 6.58. The monoisotopic (exact) mass is 311 g/mol. The van der Waals surface area contributed by atoms with Crippen molar-refractivity contribution in [1.82, 2.24) is 9.97 Å². The number of ether oxygens (including phenoxy) is 1. The minimum absolute atomic E-state index is 0.0705. The molecule has 106 valence electrons. The average Bonchev–Trinajstić information content (AvgIpc) is 3.07. The van der Waals surface area contributed by atoms with E-state index in [1.54, 1.807) is 16.8 Å². The number of nitrogens with one attached hydrogen (secondary N) is 1. The van der Waals surface area contributed by atoms with Gasteiger partial charge in [0.25, 0.3) is 0 Å². The lowest BCUT2D eigenvalue weighted by Crippen LogP contribution is -2.08. The first-order valence-electron chi connectivity index (χ1n) is 5.83. The molecule has 0 aromatic carbocycles. The largest absolute Gasteiger partial charge is 0.464 e. The maximum Gasteiger partial charge on any atom is 0.358 e. The molecule has 8 heteroatoms. The number of Topliss-reactive ketones (excluding diaryl/α,β-unsaturated/α-hetero) is 1. The van der Waals surface area contributed by atoms with Crippen LogP contribution in [0.15, 0.2) is 10.9 Å². The van der Waals surface area contributed by atoms with Crippen molar-refractivity contribution in [3.63, 3.8) is 0 Å². The Balaban J connectivity index is 2.04. The fourth-order valence-corrected chi connectivity index (χ4v) is 2.99. The molecule has 0 spiro atoms. The van der Waals surface area contributed by atoms with E-state index >= 15 is 0 Å². The summed E-state index contributed by atoms with van der Waals surface area (Å²) >= 11 is 2.70. The standard InChI is InChI=1S/C12H13N3O3S2/c1-7(16)10-9(11(17)18-2)15-12(20-10)13-4-3-8-5-19-6-14-8/h5-6H,3-4H2,1-2H3,(H,13,15). The first-order chi connectivity index (χ1) is 9.61. The highest BCUT2D eigenvalue weighted by atomic mass is 32.1.